The highest BCUT2D eigenvalue weighted by Crippen LogP contribution is 2.20. The largest absolute Gasteiger partial charge is 0.326 e. The molecule has 2 aromatic carbocycles. The van der Waals surface area contributed by atoms with Gasteiger partial charge in [0.1, 0.15) is 5.82 Å². The Morgan fingerprint density at radius 1 is 1.13 bits per heavy atom. The predicted octanol–water partition coefficient (Wildman–Crippen LogP) is 3.95. The van der Waals surface area contributed by atoms with Crippen molar-refractivity contribution in [3.63, 3.8) is 0 Å². The van der Waals surface area contributed by atoms with Gasteiger partial charge in [0.05, 0.1) is 0 Å². The molecule has 0 saturated heterocycles. The molecule has 0 aliphatic carbocycles. The molecule has 0 aromatic heterocycles. The molecule has 2 aromatic rings. The highest BCUT2D eigenvalue weighted by Gasteiger charge is 2.05. The number of carbonyl (C=O) groups excluding carboxylic acids is 1. The van der Waals surface area contributed by atoms with Crippen molar-refractivity contribution in [3.05, 3.63) is 64.4 Å². The first-order chi connectivity index (χ1) is 11.0. The summed E-state index contributed by atoms with van der Waals surface area (Å²) < 4.78 is 12.8. The van der Waals surface area contributed by atoms with Crippen LogP contribution < -0.4 is 10.6 Å². The van der Waals surface area contributed by atoms with Crippen LogP contribution in [0.25, 0.3) is 0 Å². The monoisotopic (exact) mass is 334 g/mol. The van der Waals surface area contributed by atoms with Gasteiger partial charge in [-0.15, -0.1) is 0 Å². The number of hydrogen-bond acceptors (Lipinski definition) is 2. The molecule has 5 heteroatoms. The summed E-state index contributed by atoms with van der Waals surface area (Å²) in [6.07, 6.45) is 1.19. The Morgan fingerprint density at radius 3 is 2.61 bits per heavy atom. The van der Waals surface area contributed by atoms with Gasteiger partial charge in [0.25, 0.3) is 0 Å². The Labute approximate surface area is 140 Å². The summed E-state index contributed by atoms with van der Waals surface area (Å²) in [4.78, 5) is 11.9. The first-order valence-corrected chi connectivity index (χ1v) is 7.93. The zero-order valence-corrected chi connectivity index (χ0v) is 13.8. The number of nitrogens with one attached hydrogen (secondary N) is 2. The molecule has 3 nitrogen and oxygen atoms in total. The first-order valence-electron chi connectivity index (χ1n) is 7.56. The molecule has 0 radical (unpaired) electrons. The molecule has 0 atom stereocenters. The van der Waals surface area contributed by atoms with Crippen LogP contribution in [0.4, 0.5) is 10.1 Å². The molecule has 23 heavy (non-hydrogen) atoms. The molecular weight excluding hydrogens is 315 g/mol. The molecule has 0 saturated carbocycles. The SMILES string of the molecule is Cc1ccc(Cl)cc1NC(=O)CCNCCc1ccc(F)cc1. The van der Waals surface area contributed by atoms with Crippen molar-refractivity contribution in [3.8, 4) is 0 Å². The molecule has 2 N–H and O–H groups in total. The van der Waals surface area contributed by atoms with Gasteiger partial charge in [-0.2, -0.15) is 0 Å². The molecule has 0 heterocycles. The van der Waals surface area contributed by atoms with Crippen LogP contribution in [-0.2, 0) is 11.2 Å². The Hall–Kier alpha value is -1.91. The second-order valence-electron chi connectivity index (χ2n) is 5.38. The van der Waals surface area contributed by atoms with E-state index in [1.165, 1.54) is 12.1 Å². The summed E-state index contributed by atoms with van der Waals surface area (Å²) in [6.45, 7) is 3.26. The molecular formula is C18H20ClFN2O. The minimum atomic E-state index is -0.227. The van der Waals surface area contributed by atoms with Crippen LogP contribution in [0.5, 0.6) is 0 Å². The summed E-state index contributed by atoms with van der Waals surface area (Å²) >= 11 is 5.93. The van der Waals surface area contributed by atoms with E-state index in [4.69, 9.17) is 11.6 Å². The number of aryl methyl sites for hydroxylation is 1. The van der Waals surface area contributed by atoms with Crippen molar-refractivity contribution in [2.75, 3.05) is 18.4 Å². The van der Waals surface area contributed by atoms with Crippen LogP contribution in [0.2, 0.25) is 5.02 Å². The number of halogens is 2. The zero-order valence-electron chi connectivity index (χ0n) is 13.0. The molecule has 0 aliphatic heterocycles. The van der Waals surface area contributed by atoms with Gasteiger partial charge in [0.2, 0.25) is 5.91 Å². The van der Waals surface area contributed by atoms with E-state index in [9.17, 15) is 9.18 Å². The second-order valence-corrected chi connectivity index (χ2v) is 5.82. The lowest BCUT2D eigenvalue weighted by molar-refractivity contribution is -0.116. The van der Waals surface area contributed by atoms with Gasteiger partial charge in [-0.05, 0) is 55.3 Å². The summed E-state index contributed by atoms with van der Waals surface area (Å²) in [6, 6.07) is 11.9. The fourth-order valence-electron chi connectivity index (χ4n) is 2.15. The molecule has 0 bridgehead atoms. The average Bonchev–Trinajstić information content (AvgIpc) is 2.52. The van der Waals surface area contributed by atoms with E-state index in [1.54, 1.807) is 24.3 Å². The Balaban J connectivity index is 1.67. The van der Waals surface area contributed by atoms with E-state index < -0.39 is 0 Å². The quantitative estimate of drug-likeness (QED) is 0.753. The van der Waals surface area contributed by atoms with Crippen molar-refractivity contribution < 1.29 is 9.18 Å². The van der Waals surface area contributed by atoms with Crippen LogP contribution in [0.15, 0.2) is 42.5 Å². The lowest BCUT2D eigenvalue weighted by Gasteiger charge is -2.09. The molecule has 0 fully saturated rings. The Bertz CT molecular complexity index is 659. The van der Waals surface area contributed by atoms with E-state index in [2.05, 4.69) is 10.6 Å². The van der Waals surface area contributed by atoms with Crippen molar-refractivity contribution >= 4 is 23.2 Å². The van der Waals surface area contributed by atoms with Crippen LogP contribution in [0.3, 0.4) is 0 Å². The maximum atomic E-state index is 12.8. The third kappa shape index (κ3) is 6.00. The minimum absolute atomic E-state index is 0.0513. The summed E-state index contributed by atoms with van der Waals surface area (Å²) in [5.74, 6) is -0.278. The standard InChI is InChI=1S/C18H20ClFN2O/c1-13-2-5-15(19)12-17(13)22-18(23)9-11-21-10-8-14-3-6-16(20)7-4-14/h2-7,12,21H,8-11H2,1H3,(H,22,23). The minimum Gasteiger partial charge on any atom is -0.326 e. The van der Waals surface area contributed by atoms with Crippen LogP contribution >= 0.6 is 11.6 Å². The average molecular weight is 335 g/mol. The maximum absolute atomic E-state index is 12.8. The van der Waals surface area contributed by atoms with Gasteiger partial charge >= 0.3 is 0 Å². The maximum Gasteiger partial charge on any atom is 0.225 e. The molecule has 0 aliphatic rings. The van der Waals surface area contributed by atoms with Crippen molar-refractivity contribution in [1.82, 2.24) is 5.32 Å². The van der Waals surface area contributed by atoms with Crippen molar-refractivity contribution in [1.29, 1.82) is 0 Å². The third-order valence-electron chi connectivity index (χ3n) is 3.51. The molecule has 0 unspecified atom stereocenters. The van der Waals surface area contributed by atoms with Crippen molar-refractivity contribution in [2.24, 2.45) is 0 Å². The smallest absolute Gasteiger partial charge is 0.225 e. The van der Waals surface area contributed by atoms with E-state index >= 15 is 0 Å². The number of anilines is 1. The van der Waals surface area contributed by atoms with Gasteiger partial charge < -0.3 is 10.6 Å². The fraction of sp³-hybridized carbons (Fsp3) is 0.278. The zero-order chi connectivity index (χ0) is 16.7. The molecule has 1 amide bonds. The molecule has 2 rings (SSSR count). The Kier molecular flexibility index (Phi) is 6.56. The van der Waals surface area contributed by atoms with Crippen molar-refractivity contribution in [2.45, 2.75) is 19.8 Å². The third-order valence-corrected chi connectivity index (χ3v) is 3.74. The van der Waals surface area contributed by atoms with Gasteiger partial charge in [-0.3, -0.25) is 4.79 Å². The lowest BCUT2D eigenvalue weighted by Crippen LogP contribution is -2.23. The summed E-state index contributed by atoms with van der Waals surface area (Å²) in [5, 5.41) is 6.67. The van der Waals surface area contributed by atoms with E-state index in [0.29, 0.717) is 18.0 Å². The fourth-order valence-corrected chi connectivity index (χ4v) is 2.32. The number of rotatable bonds is 7. The molecule has 0 spiro atoms. The van der Waals surface area contributed by atoms with E-state index in [1.807, 2.05) is 13.0 Å². The summed E-state index contributed by atoms with van der Waals surface area (Å²) in [7, 11) is 0. The second kappa shape index (κ2) is 8.65. The number of amides is 1. The highest BCUT2D eigenvalue weighted by molar-refractivity contribution is 6.31. The topological polar surface area (TPSA) is 41.1 Å². The van der Waals surface area contributed by atoms with Gasteiger partial charge in [0, 0.05) is 23.7 Å². The highest BCUT2D eigenvalue weighted by atomic mass is 35.5. The first kappa shape index (κ1) is 17.4. The van der Waals surface area contributed by atoms with Crippen LogP contribution in [0, 0.1) is 12.7 Å². The lowest BCUT2D eigenvalue weighted by atomic mass is 10.1. The van der Waals surface area contributed by atoms with Crippen LogP contribution in [0.1, 0.15) is 17.5 Å². The van der Waals surface area contributed by atoms with Gasteiger partial charge in [-0.1, -0.05) is 29.8 Å². The number of benzene rings is 2. The number of hydrogen-bond donors (Lipinski definition) is 2. The van der Waals surface area contributed by atoms with E-state index in [0.717, 1.165) is 29.8 Å². The predicted molar refractivity (Wildman–Crippen MR) is 92.4 cm³/mol. The van der Waals surface area contributed by atoms with Crippen LogP contribution in [-0.4, -0.2) is 19.0 Å². The van der Waals surface area contributed by atoms with Gasteiger partial charge in [-0.25, -0.2) is 4.39 Å². The Morgan fingerprint density at radius 2 is 1.87 bits per heavy atom. The number of carbonyl (C=O) groups is 1. The normalized spacial score (nSPS) is 10.6. The van der Waals surface area contributed by atoms with Gasteiger partial charge in [0.15, 0.2) is 0 Å². The molecule has 122 valence electrons. The summed E-state index contributed by atoms with van der Waals surface area (Å²) in [5.41, 5.74) is 2.79. The van der Waals surface area contributed by atoms with E-state index in [-0.39, 0.29) is 11.7 Å².